The predicted octanol–water partition coefficient (Wildman–Crippen LogP) is 7.41. The highest BCUT2D eigenvalue weighted by atomic mass is 32.2. The van der Waals surface area contributed by atoms with Crippen LogP contribution in [0.4, 0.5) is 22.0 Å². The van der Waals surface area contributed by atoms with Crippen LogP contribution in [-0.2, 0) is 25.9 Å². The van der Waals surface area contributed by atoms with Crippen LogP contribution in [0.5, 0.6) is 0 Å². The summed E-state index contributed by atoms with van der Waals surface area (Å²) in [4.78, 5) is 12.1. The molecule has 0 aliphatic heterocycles. The Bertz CT molecular complexity index is 1270. The van der Waals surface area contributed by atoms with Gasteiger partial charge in [-0.1, -0.05) is 119 Å². The molecule has 13 heteroatoms. The standard InChI is InChI=1S/C21H13F5O3.C9H20.C3H8O4S/c22-15-14(16(23)18(25)19(26)17(15)24)20(27)29-11-21(28,12-7-3-1-4-8-12)13-9-5-2-6-10-13;1-3-5-7-9-8-6-4-2;1-3(4)2-7-8(5)6/h1-10,28H,11H2;3-9H2,1-2H3;3-4H,2H2,1H3,(H,5,6)/p-1. The van der Waals surface area contributed by atoms with Crippen LogP contribution in [0.1, 0.15) is 87.2 Å². The van der Waals surface area contributed by atoms with Gasteiger partial charge < -0.3 is 19.5 Å². The minimum Gasteiger partial charge on any atom is -0.750 e. The Morgan fingerprint density at radius 2 is 1.17 bits per heavy atom. The van der Waals surface area contributed by atoms with Gasteiger partial charge in [0.25, 0.3) is 0 Å². The zero-order chi connectivity index (χ0) is 34.7. The number of esters is 1. The number of hydrogen-bond acceptors (Lipinski definition) is 7. The van der Waals surface area contributed by atoms with E-state index in [0.29, 0.717) is 0 Å². The maximum absolute atomic E-state index is 13.8. The Morgan fingerprint density at radius 1 is 0.783 bits per heavy atom. The Kier molecular flexibility index (Phi) is 19.1. The van der Waals surface area contributed by atoms with E-state index in [9.17, 15) is 40.6 Å². The Morgan fingerprint density at radius 3 is 1.52 bits per heavy atom. The molecule has 0 amide bonds. The van der Waals surface area contributed by atoms with Gasteiger partial charge in [-0.25, -0.2) is 31.0 Å². The lowest BCUT2D eigenvalue weighted by atomic mass is 9.87. The summed E-state index contributed by atoms with van der Waals surface area (Å²) in [6, 6.07) is 15.9. The van der Waals surface area contributed by atoms with Gasteiger partial charge in [-0.15, -0.1) is 0 Å². The molecule has 0 aliphatic rings. The summed E-state index contributed by atoms with van der Waals surface area (Å²) in [6.07, 6.45) is 9.24. The van der Waals surface area contributed by atoms with Gasteiger partial charge in [-0.3, -0.25) is 4.18 Å². The topological polar surface area (TPSA) is 116 Å². The van der Waals surface area contributed by atoms with Crippen molar-refractivity contribution in [1.29, 1.82) is 0 Å². The number of halogens is 5. The lowest BCUT2D eigenvalue weighted by Crippen LogP contribution is -2.34. The number of hydrogen-bond donors (Lipinski definition) is 2. The molecule has 0 radical (unpaired) electrons. The number of carbonyl (C=O) groups is 1. The smallest absolute Gasteiger partial charge is 0.344 e. The summed E-state index contributed by atoms with van der Waals surface area (Å²) >= 11 is -2.50. The fourth-order valence-electron chi connectivity index (χ4n) is 3.97. The van der Waals surface area contributed by atoms with Crippen LogP contribution in [0.3, 0.4) is 0 Å². The summed E-state index contributed by atoms with van der Waals surface area (Å²) in [5, 5.41) is 19.6. The van der Waals surface area contributed by atoms with Crippen LogP contribution in [0.2, 0.25) is 0 Å². The van der Waals surface area contributed by atoms with E-state index in [1.54, 1.807) is 36.4 Å². The Balaban J connectivity index is 0.000000512. The first-order valence-corrected chi connectivity index (χ1v) is 15.7. The molecule has 2 atom stereocenters. The molecule has 46 heavy (non-hydrogen) atoms. The molecule has 0 heterocycles. The van der Waals surface area contributed by atoms with Gasteiger partial charge >= 0.3 is 5.97 Å². The van der Waals surface area contributed by atoms with E-state index >= 15 is 0 Å². The minimum atomic E-state index is -2.50. The molecule has 0 fully saturated rings. The van der Waals surface area contributed by atoms with Crippen molar-refractivity contribution in [3.63, 3.8) is 0 Å². The maximum Gasteiger partial charge on any atom is 0.344 e. The quantitative estimate of drug-likeness (QED) is 0.0457. The average Bonchev–Trinajstić information content (AvgIpc) is 3.06. The molecule has 2 N–H and O–H groups in total. The monoisotopic (exact) mass is 675 g/mol. The van der Waals surface area contributed by atoms with Crippen LogP contribution >= 0.6 is 0 Å². The van der Waals surface area contributed by atoms with Gasteiger partial charge in [0.05, 0.1) is 24.1 Å². The van der Waals surface area contributed by atoms with Crippen LogP contribution < -0.4 is 0 Å². The van der Waals surface area contributed by atoms with Crippen LogP contribution in [0.15, 0.2) is 60.7 Å². The van der Waals surface area contributed by atoms with Crippen molar-refractivity contribution in [2.45, 2.75) is 77.4 Å². The zero-order valence-electron chi connectivity index (χ0n) is 25.9. The first-order valence-electron chi connectivity index (χ1n) is 14.7. The summed E-state index contributed by atoms with van der Waals surface area (Å²) in [6.45, 7) is 4.96. The van der Waals surface area contributed by atoms with Crippen molar-refractivity contribution >= 4 is 17.3 Å². The molecule has 3 aromatic rings. The molecule has 256 valence electrons. The van der Waals surface area contributed by atoms with Gasteiger partial charge in [-0.2, -0.15) is 0 Å². The van der Waals surface area contributed by atoms with Gasteiger partial charge in [0.15, 0.2) is 23.3 Å². The number of rotatable bonds is 14. The van der Waals surface area contributed by atoms with E-state index in [1.165, 1.54) is 76.1 Å². The van der Waals surface area contributed by atoms with E-state index in [1.807, 2.05) is 0 Å². The highest BCUT2D eigenvalue weighted by Crippen LogP contribution is 2.31. The molecule has 0 bridgehead atoms. The SMILES string of the molecule is CC(O)COS(=O)[O-].CCCCCCCCC.O=C(OCC(O)(c1ccccc1)c1ccccc1)c1c(F)c(F)c(F)c(F)c1F. The molecular weight excluding hydrogens is 635 g/mol. The minimum absolute atomic E-state index is 0.171. The summed E-state index contributed by atoms with van der Waals surface area (Å²) in [7, 11) is 0. The van der Waals surface area contributed by atoms with Crippen LogP contribution in [0.25, 0.3) is 0 Å². The largest absolute Gasteiger partial charge is 0.750 e. The lowest BCUT2D eigenvalue weighted by Gasteiger charge is -2.29. The summed E-state index contributed by atoms with van der Waals surface area (Å²) < 4.78 is 95.4. The number of carbonyl (C=O) groups excluding carboxylic acids is 1. The summed E-state index contributed by atoms with van der Waals surface area (Å²) in [5.41, 5.74) is -3.08. The second-order valence-electron chi connectivity index (χ2n) is 10.2. The second-order valence-corrected chi connectivity index (χ2v) is 10.9. The molecular formula is C33H40F5O7S-. The third kappa shape index (κ3) is 13.2. The third-order valence-corrected chi connectivity index (χ3v) is 6.77. The fourth-order valence-corrected chi connectivity index (χ4v) is 4.28. The number of ether oxygens (including phenoxy) is 1. The van der Waals surface area contributed by atoms with Crippen LogP contribution in [-0.4, -0.2) is 44.3 Å². The second kappa shape index (κ2) is 21.5. The maximum atomic E-state index is 13.8. The van der Waals surface area contributed by atoms with Crippen molar-refractivity contribution < 1.29 is 54.6 Å². The first-order chi connectivity index (χ1) is 21.8. The van der Waals surface area contributed by atoms with Crippen molar-refractivity contribution in [1.82, 2.24) is 0 Å². The van der Waals surface area contributed by atoms with Gasteiger partial charge in [-0.05, 0) is 18.1 Å². The Labute approximate surface area is 268 Å². The third-order valence-electron chi connectivity index (χ3n) is 6.44. The molecule has 7 nitrogen and oxygen atoms in total. The lowest BCUT2D eigenvalue weighted by molar-refractivity contribution is -0.0116. The average molecular weight is 676 g/mol. The van der Waals surface area contributed by atoms with E-state index in [2.05, 4.69) is 18.0 Å². The van der Waals surface area contributed by atoms with Crippen molar-refractivity contribution in [2.24, 2.45) is 0 Å². The van der Waals surface area contributed by atoms with Crippen molar-refractivity contribution in [3.05, 3.63) is 106 Å². The van der Waals surface area contributed by atoms with Crippen molar-refractivity contribution in [3.8, 4) is 0 Å². The van der Waals surface area contributed by atoms with Gasteiger partial charge in [0.2, 0.25) is 5.82 Å². The molecule has 0 saturated heterocycles. The number of benzene rings is 3. The molecule has 0 spiro atoms. The van der Waals surface area contributed by atoms with E-state index < -0.39 is 70.3 Å². The number of aliphatic hydroxyl groups is 2. The van der Waals surface area contributed by atoms with Crippen molar-refractivity contribution in [2.75, 3.05) is 13.2 Å². The molecule has 0 saturated carbocycles. The zero-order valence-corrected chi connectivity index (χ0v) is 26.8. The number of unbranched alkanes of at least 4 members (excludes halogenated alkanes) is 6. The fraction of sp³-hybridized carbons (Fsp3) is 0.424. The Hall–Kier alpha value is -3.23. The van der Waals surface area contributed by atoms with E-state index in [4.69, 9.17) is 9.84 Å². The summed E-state index contributed by atoms with van der Waals surface area (Å²) in [5.74, 6) is -13.3. The van der Waals surface area contributed by atoms with E-state index in [0.717, 1.165) is 0 Å². The normalized spacial score (nSPS) is 12.2. The molecule has 0 aromatic heterocycles. The van der Waals surface area contributed by atoms with Gasteiger partial charge in [0, 0.05) is 0 Å². The first kappa shape index (κ1) is 40.8. The highest BCUT2D eigenvalue weighted by Gasteiger charge is 2.36. The van der Waals surface area contributed by atoms with Gasteiger partial charge in [0.1, 0.15) is 17.8 Å². The molecule has 3 rings (SSSR count). The predicted molar refractivity (Wildman–Crippen MR) is 163 cm³/mol. The van der Waals surface area contributed by atoms with E-state index in [-0.39, 0.29) is 17.7 Å². The van der Waals surface area contributed by atoms with Crippen LogP contribution in [0, 0.1) is 29.1 Å². The highest BCUT2D eigenvalue weighted by molar-refractivity contribution is 7.74. The molecule has 3 aromatic carbocycles. The molecule has 0 aliphatic carbocycles. The molecule has 2 unspecified atom stereocenters. The number of aliphatic hydroxyl groups excluding tert-OH is 1.